The molecule has 0 aliphatic carbocycles. The monoisotopic (exact) mass is 369 g/mol. The van der Waals surface area contributed by atoms with Crippen molar-refractivity contribution in [1.82, 2.24) is 14.7 Å². The fourth-order valence-corrected chi connectivity index (χ4v) is 3.78. The van der Waals surface area contributed by atoms with Crippen LogP contribution in [0.4, 0.5) is 11.4 Å². The van der Waals surface area contributed by atoms with Gasteiger partial charge in [0.05, 0.1) is 23.5 Å². The van der Waals surface area contributed by atoms with Gasteiger partial charge in [-0.3, -0.25) is 14.4 Å². The molecule has 2 aliphatic heterocycles. The number of aromatic nitrogens is 2. The van der Waals surface area contributed by atoms with E-state index < -0.39 is 0 Å². The zero-order chi connectivity index (χ0) is 18.6. The molecule has 0 radical (unpaired) electrons. The fourth-order valence-electron chi connectivity index (χ4n) is 3.78. The van der Waals surface area contributed by atoms with E-state index in [2.05, 4.69) is 20.6 Å². The third-order valence-corrected chi connectivity index (χ3v) is 5.39. The lowest BCUT2D eigenvalue weighted by atomic mass is 9.97. The number of anilines is 2. The first kappa shape index (κ1) is 17.9. The molecule has 2 aliphatic rings. The van der Waals surface area contributed by atoms with Gasteiger partial charge in [-0.05, 0) is 38.1 Å². The molecule has 1 amide bonds. The van der Waals surface area contributed by atoms with Gasteiger partial charge in [0, 0.05) is 38.3 Å². The third kappa shape index (κ3) is 4.24. The minimum absolute atomic E-state index is 0.0172. The SMILES string of the molecule is Cn1ncc2c1CC(C(=O)Nc1cccc(OCCN3CCCC3)c1)CN2. The van der Waals surface area contributed by atoms with Gasteiger partial charge in [-0.2, -0.15) is 5.10 Å². The second kappa shape index (κ2) is 8.00. The van der Waals surface area contributed by atoms with Gasteiger partial charge in [-0.15, -0.1) is 0 Å². The average Bonchev–Trinajstić information content (AvgIpc) is 3.32. The van der Waals surface area contributed by atoms with Crippen LogP contribution in [-0.2, 0) is 18.3 Å². The van der Waals surface area contributed by atoms with Crippen LogP contribution in [0.3, 0.4) is 0 Å². The third-order valence-electron chi connectivity index (χ3n) is 5.39. The van der Waals surface area contributed by atoms with E-state index in [9.17, 15) is 4.79 Å². The molecule has 1 unspecified atom stereocenters. The molecular weight excluding hydrogens is 342 g/mol. The second-order valence-electron chi connectivity index (χ2n) is 7.32. The van der Waals surface area contributed by atoms with E-state index in [1.165, 1.54) is 25.9 Å². The number of likely N-dealkylation sites (tertiary alicyclic amines) is 1. The summed E-state index contributed by atoms with van der Waals surface area (Å²) in [6, 6.07) is 7.65. The number of rotatable bonds is 6. The van der Waals surface area contributed by atoms with Crippen molar-refractivity contribution >= 4 is 17.3 Å². The van der Waals surface area contributed by atoms with Crippen LogP contribution in [0.25, 0.3) is 0 Å². The standard InChI is InChI=1S/C20H27N5O2/c1-24-19-11-15(13-21-18(19)14-22-24)20(26)23-16-5-4-6-17(12-16)27-10-9-25-7-2-3-8-25/h4-6,12,14-15,21H,2-3,7-11,13H2,1H3,(H,23,26). The van der Waals surface area contributed by atoms with Gasteiger partial charge in [-0.25, -0.2) is 0 Å². The van der Waals surface area contributed by atoms with E-state index in [1.807, 2.05) is 42.2 Å². The molecule has 0 spiro atoms. The first-order valence-corrected chi connectivity index (χ1v) is 9.70. The van der Waals surface area contributed by atoms with Crippen LogP contribution in [0.15, 0.2) is 30.5 Å². The molecule has 1 atom stereocenters. The van der Waals surface area contributed by atoms with Crippen LogP contribution in [-0.4, -0.2) is 53.4 Å². The van der Waals surface area contributed by atoms with Crippen LogP contribution < -0.4 is 15.4 Å². The van der Waals surface area contributed by atoms with Crippen molar-refractivity contribution in [2.75, 3.05) is 43.4 Å². The molecule has 7 heteroatoms. The molecule has 27 heavy (non-hydrogen) atoms. The van der Waals surface area contributed by atoms with Crippen molar-refractivity contribution in [2.24, 2.45) is 13.0 Å². The molecule has 3 heterocycles. The van der Waals surface area contributed by atoms with Gasteiger partial charge < -0.3 is 15.4 Å². The summed E-state index contributed by atoms with van der Waals surface area (Å²) in [5.41, 5.74) is 2.87. The number of benzene rings is 1. The van der Waals surface area contributed by atoms with Crippen molar-refractivity contribution in [3.63, 3.8) is 0 Å². The molecule has 144 valence electrons. The predicted molar refractivity (Wildman–Crippen MR) is 105 cm³/mol. The lowest BCUT2D eigenvalue weighted by Gasteiger charge is -2.23. The quantitative estimate of drug-likeness (QED) is 0.816. The number of hydrogen-bond acceptors (Lipinski definition) is 5. The smallest absolute Gasteiger partial charge is 0.229 e. The van der Waals surface area contributed by atoms with E-state index >= 15 is 0 Å². The van der Waals surface area contributed by atoms with Gasteiger partial charge >= 0.3 is 0 Å². The summed E-state index contributed by atoms with van der Waals surface area (Å²) in [5.74, 6) is 0.693. The van der Waals surface area contributed by atoms with Crippen LogP contribution in [0.2, 0.25) is 0 Å². The number of nitrogens with one attached hydrogen (secondary N) is 2. The highest BCUT2D eigenvalue weighted by molar-refractivity contribution is 5.93. The van der Waals surface area contributed by atoms with Crippen molar-refractivity contribution in [2.45, 2.75) is 19.3 Å². The molecule has 0 bridgehead atoms. The molecule has 1 aromatic carbocycles. The lowest BCUT2D eigenvalue weighted by molar-refractivity contribution is -0.119. The Morgan fingerprint density at radius 1 is 1.37 bits per heavy atom. The zero-order valence-electron chi connectivity index (χ0n) is 15.8. The summed E-state index contributed by atoms with van der Waals surface area (Å²) in [6.07, 6.45) is 5.08. The van der Waals surface area contributed by atoms with Gasteiger partial charge in [-0.1, -0.05) is 6.07 Å². The number of amides is 1. The average molecular weight is 369 g/mol. The number of carbonyl (C=O) groups excluding carboxylic acids is 1. The van der Waals surface area contributed by atoms with E-state index in [0.717, 1.165) is 29.4 Å². The Hall–Kier alpha value is -2.54. The van der Waals surface area contributed by atoms with Crippen LogP contribution in [0.1, 0.15) is 18.5 Å². The van der Waals surface area contributed by atoms with Crippen LogP contribution >= 0.6 is 0 Å². The van der Waals surface area contributed by atoms with Crippen molar-refractivity contribution in [3.05, 3.63) is 36.2 Å². The molecule has 2 N–H and O–H groups in total. The Bertz CT molecular complexity index is 797. The largest absolute Gasteiger partial charge is 0.492 e. The van der Waals surface area contributed by atoms with E-state index in [1.54, 1.807) is 0 Å². The van der Waals surface area contributed by atoms with Crippen LogP contribution in [0, 0.1) is 5.92 Å². The topological polar surface area (TPSA) is 71.4 Å². The van der Waals surface area contributed by atoms with E-state index in [-0.39, 0.29) is 11.8 Å². The molecule has 2 aromatic rings. The van der Waals surface area contributed by atoms with E-state index in [4.69, 9.17) is 4.74 Å². The predicted octanol–water partition coefficient (Wildman–Crippen LogP) is 2.12. The Morgan fingerprint density at radius 2 is 2.22 bits per heavy atom. The molecule has 1 aromatic heterocycles. The number of ether oxygens (including phenoxy) is 1. The second-order valence-corrected chi connectivity index (χ2v) is 7.32. The van der Waals surface area contributed by atoms with Gasteiger partial charge in [0.2, 0.25) is 5.91 Å². The summed E-state index contributed by atoms with van der Waals surface area (Å²) < 4.78 is 7.70. The number of fused-ring (bicyclic) bond motifs is 1. The van der Waals surface area contributed by atoms with Crippen molar-refractivity contribution < 1.29 is 9.53 Å². The number of hydrogen-bond donors (Lipinski definition) is 2. The highest BCUT2D eigenvalue weighted by atomic mass is 16.5. The molecule has 1 fully saturated rings. The first-order valence-electron chi connectivity index (χ1n) is 9.70. The number of carbonyl (C=O) groups is 1. The molecular formula is C20H27N5O2. The van der Waals surface area contributed by atoms with Crippen molar-refractivity contribution in [3.8, 4) is 5.75 Å². The van der Waals surface area contributed by atoms with E-state index in [0.29, 0.717) is 19.6 Å². The zero-order valence-corrected chi connectivity index (χ0v) is 15.8. The minimum Gasteiger partial charge on any atom is -0.492 e. The first-order chi connectivity index (χ1) is 13.2. The Kier molecular flexibility index (Phi) is 5.29. The maximum absolute atomic E-state index is 12.7. The lowest BCUT2D eigenvalue weighted by Crippen LogP contribution is -2.34. The summed E-state index contributed by atoms with van der Waals surface area (Å²) in [6.45, 7) is 4.60. The molecule has 4 rings (SSSR count). The summed E-state index contributed by atoms with van der Waals surface area (Å²) in [4.78, 5) is 15.1. The van der Waals surface area contributed by atoms with Gasteiger partial charge in [0.15, 0.2) is 0 Å². The van der Waals surface area contributed by atoms with Gasteiger partial charge in [0.1, 0.15) is 12.4 Å². The Labute approximate surface area is 159 Å². The van der Waals surface area contributed by atoms with Crippen LogP contribution in [0.5, 0.6) is 5.75 Å². The summed E-state index contributed by atoms with van der Waals surface area (Å²) in [5, 5.41) is 10.6. The minimum atomic E-state index is -0.118. The number of aryl methyl sites for hydroxylation is 1. The maximum Gasteiger partial charge on any atom is 0.229 e. The Balaban J connectivity index is 1.31. The highest BCUT2D eigenvalue weighted by Crippen LogP contribution is 2.25. The van der Waals surface area contributed by atoms with Gasteiger partial charge in [0.25, 0.3) is 0 Å². The highest BCUT2D eigenvalue weighted by Gasteiger charge is 2.27. The Morgan fingerprint density at radius 3 is 3.07 bits per heavy atom. The summed E-state index contributed by atoms with van der Waals surface area (Å²) in [7, 11) is 1.91. The summed E-state index contributed by atoms with van der Waals surface area (Å²) >= 11 is 0. The normalized spacial score (nSPS) is 19.4. The molecule has 7 nitrogen and oxygen atoms in total. The molecule has 0 saturated carbocycles. The van der Waals surface area contributed by atoms with Crippen molar-refractivity contribution in [1.29, 1.82) is 0 Å². The number of nitrogens with zero attached hydrogens (tertiary/aromatic N) is 3. The molecule has 1 saturated heterocycles. The maximum atomic E-state index is 12.7. The fraction of sp³-hybridized carbons (Fsp3) is 0.500.